The second-order valence-corrected chi connectivity index (χ2v) is 17.4. The Morgan fingerprint density at radius 1 is 0.889 bits per heavy atom. The van der Waals surface area contributed by atoms with Crippen LogP contribution in [-0.2, 0) is 9.47 Å². The van der Waals surface area contributed by atoms with Crippen molar-refractivity contribution in [3.8, 4) is 0 Å². The molecule has 9 nitrogen and oxygen atoms in total. The quantitative estimate of drug-likeness (QED) is 0.208. The van der Waals surface area contributed by atoms with Crippen LogP contribution in [-0.4, -0.2) is 97.0 Å². The van der Waals surface area contributed by atoms with Crippen LogP contribution in [0.5, 0.6) is 0 Å². The van der Waals surface area contributed by atoms with Gasteiger partial charge in [-0.1, -0.05) is 46.3 Å². The Morgan fingerprint density at radius 3 is 2.18 bits per heavy atom. The first kappa shape index (κ1) is 35.7. The topological polar surface area (TPSA) is 160 Å². The average Bonchev–Trinajstić information content (AvgIpc) is 3.33. The monoisotopic (exact) mass is 638 g/mol. The van der Waals surface area contributed by atoms with Crippen LogP contribution >= 0.6 is 0 Å². The van der Waals surface area contributed by atoms with Crippen LogP contribution in [0.15, 0.2) is 11.6 Å². The molecular weight excluding hydrogens is 576 g/mol. The fourth-order valence-electron chi connectivity index (χ4n) is 12.0. The standard InChI is InChI=1S/C36H62O9/c1-19(2)10-9-13-36(8,45-31-29(43)28(42)27(41)23(18-37)44-31)20-11-15-34(6)26(20)21(38)16-24-33(5)14-12-25(40)32(3,4)30(33)22(39)17-35(24,34)7/h10,20-31,37-43H,9,11-18H2,1-8H3/t20-,21+,22-,23+,24+,25-,26-,27+,28-,29+,30-,31-,33+,34+,35+,36?/m0/s1. The summed E-state index contributed by atoms with van der Waals surface area (Å²) in [5, 5.41) is 76.9. The molecule has 0 aromatic heterocycles. The zero-order valence-corrected chi connectivity index (χ0v) is 28.8. The first-order valence-electron chi connectivity index (χ1n) is 17.4. The summed E-state index contributed by atoms with van der Waals surface area (Å²) in [6.45, 7) is 16.7. The van der Waals surface area contributed by atoms with E-state index in [0.717, 1.165) is 19.3 Å². The molecule has 0 radical (unpaired) electrons. The Balaban J connectivity index is 1.51. The summed E-state index contributed by atoms with van der Waals surface area (Å²) in [5.74, 6) is -0.154. The molecule has 16 atom stereocenters. The van der Waals surface area contributed by atoms with Gasteiger partial charge in [0, 0.05) is 0 Å². The van der Waals surface area contributed by atoms with Crippen molar-refractivity contribution in [1.82, 2.24) is 0 Å². The maximum absolute atomic E-state index is 12.2. The minimum atomic E-state index is -1.53. The van der Waals surface area contributed by atoms with Crippen LogP contribution in [0, 0.1) is 45.3 Å². The normalized spacial score (nSPS) is 52.2. The van der Waals surface area contributed by atoms with Gasteiger partial charge >= 0.3 is 0 Å². The van der Waals surface area contributed by atoms with E-state index in [4.69, 9.17) is 9.47 Å². The summed E-state index contributed by atoms with van der Waals surface area (Å²) >= 11 is 0. The van der Waals surface area contributed by atoms with Crippen molar-refractivity contribution in [2.45, 2.75) is 161 Å². The van der Waals surface area contributed by atoms with Gasteiger partial charge in [0.05, 0.1) is 30.5 Å². The fraction of sp³-hybridized carbons (Fsp3) is 0.944. The molecule has 7 N–H and O–H groups in total. The van der Waals surface area contributed by atoms with Gasteiger partial charge in [0.1, 0.15) is 24.4 Å². The van der Waals surface area contributed by atoms with Gasteiger partial charge in [0.15, 0.2) is 6.29 Å². The van der Waals surface area contributed by atoms with Gasteiger partial charge in [-0.3, -0.25) is 0 Å². The van der Waals surface area contributed by atoms with Crippen LogP contribution in [0.2, 0.25) is 0 Å². The van der Waals surface area contributed by atoms with Crippen molar-refractivity contribution >= 4 is 0 Å². The molecule has 4 saturated carbocycles. The Kier molecular flexibility index (Phi) is 9.56. The second kappa shape index (κ2) is 12.1. The maximum Gasteiger partial charge on any atom is 0.187 e. The zero-order valence-electron chi connectivity index (χ0n) is 28.8. The van der Waals surface area contributed by atoms with Crippen molar-refractivity contribution in [2.24, 2.45) is 45.3 Å². The minimum Gasteiger partial charge on any atom is -0.394 e. The molecule has 1 saturated heterocycles. The van der Waals surface area contributed by atoms with E-state index >= 15 is 0 Å². The maximum atomic E-state index is 12.2. The average molecular weight is 639 g/mol. The van der Waals surface area contributed by atoms with Crippen LogP contribution in [0.25, 0.3) is 0 Å². The van der Waals surface area contributed by atoms with Crippen molar-refractivity contribution in [3.63, 3.8) is 0 Å². The van der Waals surface area contributed by atoms with E-state index in [9.17, 15) is 35.7 Å². The predicted octanol–water partition coefficient (Wildman–Crippen LogP) is 3.30. The van der Waals surface area contributed by atoms with Gasteiger partial charge in [0.2, 0.25) is 0 Å². The zero-order chi connectivity index (χ0) is 33.5. The number of hydrogen-bond acceptors (Lipinski definition) is 9. The van der Waals surface area contributed by atoms with E-state index in [1.165, 1.54) is 5.57 Å². The minimum absolute atomic E-state index is 0.0692. The van der Waals surface area contributed by atoms with E-state index in [1.807, 2.05) is 20.8 Å². The molecule has 4 aliphatic carbocycles. The Morgan fingerprint density at radius 2 is 1.56 bits per heavy atom. The molecular formula is C36H62O9. The second-order valence-electron chi connectivity index (χ2n) is 17.4. The molecule has 1 heterocycles. The SMILES string of the molecule is CC(C)=CCCC(C)(O[C@@H]1O[C@H](CO)[C@@H](O)[C@H](O)[C@H]1O)[C@H]1CC[C@]2(C)[C@@H]1[C@H](O)C[C@@H]1[C@@]3(C)CC[C@H](O)C(C)(C)[C@@H]3[C@@H](O)C[C@]12C. The lowest BCUT2D eigenvalue weighted by atomic mass is 9.34. The van der Waals surface area contributed by atoms with Gasteiger partial charge in [-0.05, 0) is 117 Å². The number of rotatable bonds is 7. The summed E-state index contributed by atoms with van der Waals surface area (Å²) in [5.41, 5.74) is -0.944. The first-order chi connectivity index (χ1) is 20.8. The number of hydrogen-bond donors (Lipinski definition) is 7. The van der Waals surface area contributed by atoms with Crippen LogP contribution in [0.1, 0.15) is 107 Å². The number of ether oxygens (including phenoxy) is 2. The van der Waals surface area contributed by atoms with Gasteiger partial charge in [0.25, 0.3) is 0 Å². The summed E-state index contributed by atoms with van der Waals surface area (Å²) in [6.07, 6.45) is -0.678. The van der Waals surface area contributed by atoms with Gasteiger partial charge in [-0.2, -0.15) is 0 Å². The molecule has 260 valence electrons. The fourth-order valence-corrected chi connectivity index (χ4v) is 12.0. The summed E-state index contributed by atoms with van der Waals surface area (Å²) in [4.78, 5) is 0. The molecule has 1 aliphatic heterocycles. The lowest BCUT2D eigenvalue weighted by Gasteiger charge is -2.71. The van der Waals surface area contributed by atoms with Crippen molar-refractivity contribution in [2.75, 3.05) is 6.61 Å². The molecule has 5 rings (SSSR count). The summed E-state index contributed by atoms with van der Waals surface area (Å²) < 4.78 is 12.6. The third-order valence-corrected chi connectivity index (χ3v) is 14.5. The molecule has 9 heteroatoms. The van der Waals surface area contributed by atoms with Crippen LogP contribution in [0.4, 0.5) is 0 Å². The number of aliphatic hydroxyl groups excluding tert-OH is 7. The van der Waals surface area contributed by atoms with Gasteiger partial charge < -0.3 is 45.2 Å². The largest absolute Gasteiger partial charge is 0.394 e. The Bertz CT molecular complexity index is 1110. The van der Waals surface area contributed by atoms with E-state index in [1.54, 1.807) is 0 Å². The molecule has 1 unspecified atom stereocenters. The molecule has 5 aliphatic rings. The summed E-state index contributed by atoms with van der Waals surface area (Å²) in [6, 6.07) is 0. The van der Waals surface area contributed by atoms with Crippen LogP contribution < -0.4 is 0 Å². The van der Waals surface area contributed by atoms with Crippen molar-refractivity contribution in [1.29, 1.82) is 0 Å². The molecule has 0 bridgehead atoms. The Labute approximate surface area is 270 Å². The smallest absolute Gasteiger partial charge is 0.187 e. The predicted molar refractivity (Wildman–Crippen MR) is 170 cm³/mol. The van der Waals surface area contributed by atoms with Gasteiger partial charge in [-0.15, -0.1) is 0 Å². The summed E-state index contributed by atoms with van der Waals surface area (Å²) in [7, 11) is 0. The third-order valence-electron chi connectivity index (χ3n) is 14.5. The van der Waals surface area contributed by atoms with Crippen molar-refractivity contribution < 1.29 is 45.2 Å². The number of aliphatic hydroxyl groups is 7. The van der Waals surface area contributed by atoms with Gasteiger partial charge in [-0.25, -0.2) is 0 Å². The highest BCUT2D eigenvalue weighted by Gasteiger charge is 2.73. The first-order valence-corrected chi connectivity index (χ1v) is 17.4. The lowest BCUT2D eigenvalue weighted by molar-refractivity contribution is -0.336. The van der Waals surface area contributed by atoms with Crippen molar-refractivity contribution in [3.05, 3.63) is 11.6 Å². The lowest BCUT2D eigenvalue weighted by Crippen LogP contribution is -2.70. The molecule has 45 heavy (non-hydrogen) atoms. The molecule has 5 fully saturated rings. The third kappa shape index (κ3) is 5.39. The highest BCUT2D eigenvalue weighted by atomic mass is 16.7. The Hall–Kier alpha value is -0.620. The molecule has 0 aromatic carbocycles. The number of fused-ring (bicyclic) bond motifs is 5. The number of allylic oxidation sites excluding steroid dienone is 2. The van der Waals surface area contributed by atoms with E-state index in [-0.39, 0.29) is 39.9 Å². The van der Waals surface area contributed by atoms with Crippen LogP contribution in [0.3, 0.4) is 0 Å². The van der Waals surface area contributed by atoms with E-state index < -0.39 is 66.6 Å². The van der Waals surface area contributed by atoms with E-state index in [0.29, 0.717) is 32.1 Å². The molecule has 0 spiro atoms. The highest BCUT2D eigenvalue weighted by Crippen LogP contribution is 2.76. The highest BCUT2D eigenvalue weighted by molar-refractivity contribution is 5.21. The van der Waals surface area contributed by atoms with E-state index in [2.05, 4.69) is 40.7 Å². The molecule has 0 amide bonds. The molecule has 0 aromatic rings.